The van der Waals surface area contributed by atoms with Crippen LogP contribution in [0.3, 0.4) is 0 Å². The molecule has 1 saturated heterocycles. The lowest BCUT2D eigenvalue weighted by atomic mass is 9.92. The normalized spacial score (nSPS) is 20.1. The highest BCUT2D eigenvalue weighted by Gasteiger charge is 2.30. The van der Waals surface area contributed by atoms with Gasteiger partial charge in [0.1, 0.15) is 28.3 Å². The number of halogens is 3. The third kappa shape index (κ3) is 7.39. The molecular formula is C26H30F3N4OS2+. The molecule has 2 atom stereocenters. The molecule has 0 amide bonds. The van der Waals surface area contributed by atoms with Crippen molar-refractivity contribution in [1.29, 1.82) is 5.41 Å². The number of allylic oxidation sites excluding steroid dienone is 2. The van der Waals surface area contributed by atoms with E-state index in [1.807, 2.05) is 11.1 Å². The van der Waals surface area contributed by atoms with E-state index < -0.39 is 22.6 Å². The molecule has 1 fully saturated rings. The first-order valence-corrected chi connectivity index (χ1v) is 14.3. The average Bonchev–Trinajstić information content (AvgIpc) is 2.86. The lowest BCUT2D eigenvalue weighted by Crippen LogP contribution is -2.79. The minimum absolute atomic E-state index is 0.101. The number of nitrogens with one attached hydrogen (secondary N) is 2. The number of thioether (sulfide) groups is 1. The van der Waals surface area contributed by atoms with E-state index in [2.05, 4.69) is 4.83 Å². The average molecular weight is 536 g/mol. The van der Waals surface area contributed by atoms with Crippen molar-refractivity contribution in [2.24, 2.45) is 5.92 Å². The minimum atomic E-state index is -1.47. The Hall–Kier alpha value is -2.24. The number of hydrogen-bond donors (Lipinski definition) is 3. The highest BCUT2D eigenvalue weighted by molar-refractivity contribution is 7.99. The third-order valence-electron chi connectivity index (χ3n) is 6.26. The molecule has 2 heterocycles. The van der Waals surface area contributed by atoms with Crippen LogP contribution in [0.25, 0.3) is 0 Å². The van der Waals surface area contributed by atoms with Gasteiger partial charge >= 0.3 is 0 Å². The van der Waals surface area contributed by atoms with Gasteiger partial charge in [-0.15, -0.1) is 0 Å². The maximum Gasteiger partial charge on any atom is 0.186 e. The number of nitrogens with two attached hydrogens (primary N) is 1. The predicted molar refractivity (Wildman–Crippen MR) is 139 cm³/mol. The molecule has 0 aliphatic carbocycles. The summed E-state index contributed by atoms with van der Waals surface area (Å²) in [4.78, 5) is 2.96. The smallest absolute Gasteiger partial charge is 0.186 e. The van der Waals surface area contributed by atoms with Crippen molar-refractivity contribution in [2.45, 2.75) is 25.7 Å². The van der Waals surface area contributed by atoms with Crippen LogP contribution in [0.5, 0.6) is 0 Å². The largest absolute Gasteiger partial charge is 0.300 e. The lowest BCUT2D eigenvalue weighted by Gasteiger charge is -2.26. The van der Waals surface area contributed by atoms with Gasteiger partial charge in [-0.25, -0.2) is 22.4 Å². The molecule has 36 heavy (non-hydrogen) atoms. The maximum absolute atomic E-state index is 14.5. The van der Waals surface area contributed by atoms with Gasteiger partial charge in [-0.1, -0.05) is 18.6 Å². The molecule has 2 aliphatic rings. The Morgan fingerprint density at radius 1 is 1.14 bits per heavy atom. The van der Waals surface area contributed by atoms with E-state index in [0.717, 1.165) is 43.3 Å². The van der Waals surface area contributed by atoms with Crippen LogP contribution in [0.1, 0.15) is 24.8 Å². The van der Waals surface area contributed by atoms with Crippen LogP contribution in [0.4, 0.5) is 18.9 Å². The fourth-order valence-electron chi connectivity index (χ4n) is 4.44. The topological polar surface area (TPSA) is 72.8 Å². The number of nitrogens with zero attached hydrogens (tertiary/aromatic N) is 1. The van der Waals surface area contributed by atoms with Crippen molar-refractivity contribution in [3.05, 3.63) is 88.2 Å². The molecule has 5 nitrogen and oxygen atoms in total. The summed E-state index contributed by atoms with van der Waals surface area (Å²) in [6, 6.07) is 9.80. The predicted octanol–water partition coefficient (Wildman–Crippen LogP) is 4.35. The molecule has 4 N–H and O–H groups in total. The van der Waals surface area contributed by atoms with Crippen molar-refractivity contribution >= 4 is 34.1 Å². The molecule has 4 rings (SSSR count). The van der Waals surface area contributed by atoms with Gasteiger partial charge in [-0.2, -0.15) is 16.6 Å². The molecule has 10 heteroatoms. The zero-order valence-electron chi connectivity index (χ0n) is 19.8. The zero-order valence-corrected chi connectivity index (χ0v) is 21.4. The Balaban J connectivity index is 1.58. The maximum atomic E-state index is 14.5. The van der Waals surface area contributed by atoms with Gasteiger partial charge in [0, 0.05) is 53.6 Å². The minimum Gasteiger partial charge on any atom is -0.300 e. The van der Waals surface area contributed by atoms with Crippen LogP contribution in [0, 0.1) is 28.8 Å². The van der Waals surface area contributed by atoms with Crippen molar-refractivity contribution in [1.82, 2.24) is 9.84 Å². The number of hydrazine groups is 1. The summed E-state index contributed by atoms with van der Waals surface area (Å²) in [5.74, 6) is -0.518. The Bertz CT molecular complexity index is 1180. The summed E-state index contributed by atoms with van der Waals surface area (Å²) in [7, 11) is -1.47. The van der Waals surface area contributed by atoms with E-state index in [-0.39, 0.29) is 23.1 Å². The van der Waals surface area contributed by atoms with Crippen LogP contribution < -0.4 is 10.1 Å². The fourth-order valence-corrected chi connectivity index (χ4v) is 6.42. The highest BCUT2D eigenvalue weighted by atomic mass is 32.2. The van der Waals surface area contributed by atoms with Crippen molar-refractivity contribution in [3.8, 4) is 0 Å². The number of quaternary nitrogens is 1. The van der Waals surface area contributed by atoms with E-state index in [0.29, 0.717) is 23.5 Å². The Morgan fingerprint density at radius 3 is 2.67 bits per heavy atom. The fraction of sp³-hybridized carbons (Fsp3) is 0.346. The van der Waals surface area contributed by atoms with E-state index in [4.69, 9.17) is 5.41 Å². The van der Waals surface area contributed by atoms with Gasteiger partial charge in [0.15, 0.2) is 11.5 Å². The SMILES string of the molecule is N=C(/C=C/S(=O)NN1CCCCC1)C1=C([NH2+]c2ccc(F)cc2F)C(Cc2cccc(F)c2)CSC1. The van der Waals surface area contributed by atoms with Gasteiger partial charge in [-0.3, -0.25) is 5.32 Å². The van der Waals surface area contributed by atoms with E-state index in [1.54, 1.807) is 23.1 Å². The van der Waals surface area contributed by atoms with Gasteiger partial charge in [-0.05, 0) is 49.1 Å². The molecule has 0 aromatic heterocycles. The zero-order chi connectivity index (χ0) is 25.5. The summed E-state index contributed by atoms with van der Waals surface area (Å²) in [6.07, 6.45) is 5.31. The quantitative estimate of drug-likeness (QED) is 0.330. The first-order valence-electron chi connectivity index (χ1n) is 11.9. The summed E-state index contributed by atoms with van der Waals surface area (Å²) < 4.78 is 54.4. The van der Waals surface area contributed by atoms with E-state index in [9.17, 15) is 17.4 Å². The van der Waals surface area contributed by atoms with Crippen LogP contribution in [-0.4, -0.2) is 39.5 Å². The van der Waals surface area contributed by atoms with Crippen LogP contribution in [0.15, 0.2) is 65.2 Å². The lowest BCUT2D eigenvalue weighted by molar-refractivity contribution is -0.527. The van der Waals surface area contributed by atoms with Crippen LogP contribution in [-0.2, 0) is 17.4 Å². The monoisotopic (exact) mass is 535 g/mol. The molecule has 2 aromatic rings. The second-order valence-electron chi connectivity index (χ2n) is 8.94. The number of piperidine rings is 1. The number of hydrogen-bond acceptors (Lipinski definition) is 4. The molecule has 2 unspecified atom stereocenters. The van der Waals surface area contributed by atoms with Crippen molar-refractivity contribution in [2.75, 3.05) is 24.6 Å². The summed E-state index contributed by atoms with van der Waals surface area (Å²) in [5.41, 5.74) is 2.68. The van der Waals surface area contributed by atoms with Crippen LogP contribution >= 0.6 is 11.8 Å². The summed E-state index contributed by atoms with van der Waals surface area (Å²) in [6.45, 7) is 1.67. The molecule has 0 saturated carbocycles. The highest BCUT2D eigenvalue weighted by Crippen LogP contribution is 2.30. The molecule has 2 aliphatic heterocycles. The standard InChI is InChI=1S/C26H29F3N4OS2/c27-20-6-4-5-18(14-20)13-19-16-35-17-22(26(19)31-25-8-7-21(28)15-23(25)29)24(30)9-12-36(34)32-33-10-2-1-3-11-33/h4-9,12,14-15,19,30-32H,1-3,10-11,13,16-17H2/p+1/b12-9+,30-24?. The summed E-state index contributed by atoms with van der Waals surface area (Å²) in [5, 5.41) is 13.8. The molecule has 0 spiro atoms. The van der Waals surface area contributed by atoms with Crippen molar-refractivity contribution in [3.63, 3.8) is 0 Å². The summed E-state index contributed by atoms with van der Waals surface area (Å²) >= 11 is 1.65. The van der Waals surface area contributed by atoms with Gasteiger partial charge < -0.3 is 5.41 Å². The van der Waals surface area contributed by atoms with Gasteiger partial charge in [0.2, 0.25) is 0 Å². The molecule has 0 radical (unpaired) electrons. The molecule has 2 aromatic carbocycles. The Labute approximate surface area is 216 Å². The van der Waals surface area contributed by atoms with Gasteiger partial charge in [0.25, 0.3) is 0 Å². The first-order chi connectivity index (χ1) is 17.4. The molecule has 0 bridgehead atoms. The van der Waals surface area contributed by atoms with Crippen LogP contribution in [0.2, 0.25) is 0 Å². The van der Waals surface area contributed by atoms with E-state index >= 15 is 0 Å². The third-order valence-corrected chi connectivity index (χ3v) is 8.21. The molecule has 192 valence electrons. The van der Waals surface area contributed by atoms with Gasteiger partial charge in [0.05, 0.1) is 5.71 Å². The number of rotatable bonds is 9. The first kappa shape index (κ1) is 26.8. The second-order valence-corrected chi connectivity index (χ2v) is 11.0. The number of benzene rings is 2. The Morgan fingerprint density at radius 2 is 1.92 bits per heavy atom. The molecular weight excluding hydrogens is 505 g/mol. The van der Waals surface area contributed by atoms with Crippen molar-refractivity contribution < 1.29 is 22.7 Å². The Kier molecular flexibility index (Phi) is 9.55. The van der Waals surface area contributed by atoms with E-state index in [1.165, 1.54) is 42.2 Å². The second kappa shape index (κ2) is 12.8.